The number of nitrogen functional groups attached to an aromatic ring is 1. The minimum absolute atomic E-state index is 0.188. The van der Waals surface area contributed by atoms with E-state index in [9.17, 15) is 9.90 Å². The molecular formula is C32H27N3O3. The quantitative estimate of drug-likeness (QED) is 0.246. The first-order valence-corrected chi connectivity index (χ1v) is 12.7. The van der Waals surface area contributed by atoms with Gasteiger partial charge in [0.05, 0.1) is 34.8 Å². The van der Waals surface area contributed by atoms with Crippen LogP contribution in [-0.2, 0) is 10.2 Å². The Morgan fingerprint density at radius 3 is 2.13 bits per heavy atom. The number of carbonyl (C=O) groups is 1. The lowest BCUT2D eigenvalue weighted by molar-refractivity contribution is -0.137. The van der Waals surface area contributed by atoms with Gasteiger partial charge in [-0.25, -0.2) is 4.98 Å². The number of pyridine rings is 1. The Bertz CT molecular complexity index is 1620. The van der Waals surface area contributed by atoms with Gasteiger partial charge < -0.3 is 15.4 Å². The summed E-state index contributed by atoms with van der Waals surface area (Å²) in [5.74, 6) is -0.119. The van der Waals surface area contributed by atoms with Gasteiger partial charge in [0, 0.05) is 16.5 Å². The lowest BCUT2D eigenvalue weighted by atomic mass is 9.91. The number of nitrogens with two attached hydrogens (primary N) is 1. The fourth-order valence-electron chi connectivity index (χ4n) is 5.12. The molecule has 1 aliphatic carbocycles. The predicted molar refractivity (Wildman–Crippen MR) is 148 cm³/mol. The van der Waals surface area contributed by atoms with Gasteiger partial charge in [0.2, 0.25) is 0 Å². The second kappa shape index (κ2) is 9.30. The van der Waals surface area contributed by atoms with Crippen molar-refractivity contribution in [1.82, 2.24) is 10.1 Å². The molecule has 0 radical (unpaired) electrons. The largest absolute Gasteiger partial charge is 0.481 e. The molecule has 2 aromatic heterocycles. The van der Waals surface area contributed by atoms with Gasteiger partial charge in [0.15, 0.2) is 5.76 Å². The van der Waals surface area contributed by atoms with Crippen molar-refractivity contribution in [2.24, 2.45) is 0 Å². The summed E-state index contributed by atoms with van der Waals surface area (Å²) >= 11 is 0. The Balaban J connectivity index is 1.30. The number of anilines is 1. The summed E-state index contributed by atoms with van der Waals surface area (Å²) in [6.45, 7) is 1.89. The molecule has 6 nitrogen and oxygen atoms in total. The number of carboxylic acids is 1. The zero-order valence-electron chi connectivity index (χ0n) is 21.0. The number of nitrogens with zero attached hydrogens (tertiary/aromatic N) is 2. The zero-order chi connectivity index (χ0) is 26.3. The highest BCUT2D eigenvalue weighted by Gasteiger charge is 2.45. The summed E-state index contributed by atoms with van der Waals surface area (Å²) in [6, 6.07) is 30.1. The van der Waals surface area contributed by atoms with Gasteiger partial charge in [-0.05, 0) is 48.6 Å². The van der Waals surface area contributed by atoms with Crippen molar-refractivity contribution in [2.75, 3.05) is 5.73 Å². The first kappa shape index (κ1) is 23.7. The molecule has 188 valence electrons. The van der Waals surface area contributed by atoms with Crippen molar-refractivity contribution in [3.8, 4) is 45.0 Å². The molecule has 0 amide bonds. The fourth-order valence-corrected chi connectivity index (χ4v) is 5.12. The molecule has 0 spiro atoms. The van der Waals surface area contributed by atoms with E-state index in [0.717, 1.165) is 57.6 Å². The summed E-state index contributed by atoms with van der Waals surface area (Å²) in [4.78, 5) is 16.1. The molecule has 0 saturated heterocycles. The van der Waals surface area contributed by atoms with E-state index in [1.807, 2.05) is 73.7 Å². The van der Waals surface area contributed by atoms with Gasteiger partial charge in [-0.15, -0.1) is 0 Å². The van der Waals surface area contributed by atoms with Crippen LogP contribution < -0.4 is 5.73 Å². The second-order valence-corrected chi connectivity index (χ2v) is 9.98. The fraction of sp³-hybridized carbons (Fsp3) is 0.156. The van der Waals surface area contributed by atoms with E-state index < -0.39 is 5.97 Å². The number of aryl methyl sites for hydroxylation is 1. The van der Waals surface area contributed by atoms with Gasteiger partial charge in [0.25, 0.3) is 0 Å². The van der Waals surface area contributed by atoms with Crippen molar-refractivity contribution in [3.63, 3.8) is 0 Å². The van der Waals surface area contributed by atoms with E-state index in [4.69, 9.17) is 15.2 Å². The molecule has 0 atom stereocenters. The maximum absolute atomic E-state index is 11.3. The average molecular weight is 502 g/mol. The van der Waals surface area contributed by atoms with E-state index in [1.54, 1.807) is 0 Å². The van der Waals surface area contributed by atoms with Crippen molar-refractivity contribution in [3.05, 3.63) is 102 Å². The highest BCUT2D eigenvalue weighted by molar-refractivity contribution is 5.86. The molecule has 38 heavy (non-hydrogen) atoms. The minimum atomic E-state index is -0.743. The van der Waals surface area contributed by atoms with E-state index in [0.29, 0.717) is 17.1 Å². The van der Waals surface area contributed by atoms with Crippen molar-refractivity contribution >= 4 is 11.7 Å². The molecule has 0 unspecified atom stereocenters. The molecule has 0 aliphatic heterocycles. The van der Waals surface area contributed by atoms with Crippen LogP contribution in [0, 0.1) is 6.92 Å². The van der Waals surface area contributed by atoms with Crippen LogP contribution in [-0.4, -0.2) is 21.2 Å². The van der Waals surface area contributed by atoms with Crippen molar-refractivity contribution < 1.29 is 14.4 Å². The average Bonchev–Trinajstić information content (AvgIpc) is 3.62. The van der Waals surface area contributed by atoms with Gasteiger partial charge in [-0.1, -0.05) is 84.0 Å². The molecule has 3 aromatic carbocycles. The van der Waals surface area contributed by atoms with E-state index in [2.05, 4.69) is 29.4 Å². The summed E-state index contributed by atoms with van der Waals surface area (Å²) < 4.78 is 5.78. The Kier molecular flexibility index (Phi) is 5.80. The smallest absolute Gasteiger partial charge is 0.304 e. The zero-order valence-corrected chi connectivity index (χ0v) is 21.0. The maximum Gasteiger partial charge on any atom is 0.304 e. The first-order chi connectivity index (χ1) is 18.4. The number of aromatic nitrogens is 2. The Morgan fingerprint density at radius 2 is 1.50 bits per heavy atom. The standard InChI is InChI=1S/C32H27N3O3/c1-20-29(30-26(33)15-16-27(34-30)23-5-3-2-4-6-23)31(38-35-20)24-9-7-21(8-10-24)22-11-13-25(14-12-22)32(17-18-32)19-28(36)37/h2-16H,17-19,33H2,1H3,(H,36,37). The Hall–Kier alpha value is -4.71. The van der Waals surface area contributed by atoms with Crippen molar-refractivity contribution in [1.29, 1.82) is 0 Å². The summed E-state index contributed by atoms with van der Waals surface area (Å²) in [6.07, 6.45) is 2.05. The third kappa shape index (κ3) is 4.34. The normalized spacial score (nSPS) is 13.8. The number of hydrogen-bond acceptors (Lipinski definition) is 5. The van der Waals surface area contributed by atoms with Gasteiger partial charge >= 0.3 is 5.97 Å². The van der Waals surface area contributed by atoms with Gasteiger partial charge in [0.1, 0.15) is 0 Å². The molecule has 3 N–H and O–H groups in total. The maximum atomic E-state index is 11.3. The lowest BCUT2D eigenvalue weighted by Crippen LogP contribution is -2.12. The topological polar surface area (TPSA) is 102 Å². The van der Waals surface area contributed by atoms with Crippen LogP contribution in [0.2, 0.25) is 0 Å². The number of carboxylic acid groups (broad SMARTS) is 1. The molecule has 1 fully saturated rings. The van der Waals surface area contributed by atoms with Crippen LogP contribution in [0.4, 0.5) is 5.69 Å². The molecule has 0 bridgehead atoms. The Morgan fingerprint density at radius 1 is 0.868 bits per heavy atom. The monoisotopic (exact) mass is 501 g/mol. The molecule has 1 aliphatic rings. The van der Waals surface area contributed by atoms with E-state index >= 15 is 0 Å². The second-order valence-electron chi connectivity index (χ2n) is 9.98. The van der Waals surface area contributed by atoms with Crippen LogP contribution in [0.5, 0.6) is 0 Å². The van der Waals surface area contributed by atoms with Crippen LogP contribution >= 0.6 is 0 Å². The third-order valence-corrected chi connectivity index (χ3v) is 7.42. The van der Waals surface area contributed by atoms with Crippen LogP contribution in [0.1, 0.15) is 30.5 Å². The molecule has 5 aromatic rings. The molecule has 2 heterocycles. The number of rotatable bonds is 7. The van der Waals surface area contributed by atoms with Crippen LogP contribution in [0.25, 0.3) is 45.0 Å². The summed E-state index contributed by atoms with van der Waals surface area (Å²) in [5.41, 5.74) is 14.9. The molecule has 6 rings (SSSR count). The molecule has 1 saturated carbocycles. The highest BCUT2D eigenvalue weighted by atomic mass is 16.5. The summed E-state index contributed by atoms with van der Waals surface area (Å²) in [5, 5.41) is 13.5. The first-order valence-electron chi connectivity index (χ1n) is 12.7. The van der Waals surface area contributed by atoms with E-state index in [1.165, 1.54) is 0 Å². The number of hydrogen-bond donors (Lipinski definition) is 2. The third-order valence-electron chi connectivity index (χ3n) is 7.42. The number of aliphatic carboxylic acids is 1. The minimum Gasteiger partial charge on any atom is -0.481 e. The summed E-state index contributed by atoms with van der Waals surface area (Å²) in [7, 11) is 0. The Labute approximate surface area is 220 Å². The van der Waals surface area contributed by atoms with Crippen LogP contribution in [0.15, 0.2) is 95.5 Å². The van der Waals surface area contributed by atoms with Crippen LogP contribution in [0.3, 0.4) is 0 Å². The van der Waals surface area contributed by atoms with Gasteiger partial charge in [-0.3, -0.25) is 4.79 Å². The molecule has 6 heteroatoms. The lowest BCUT2D eigenvalue weighted by Gasteiger charge is -2.14. The predicted octanol–water partition coefficient (Wildman–Crippen LogP) is 7.13. The van der Waals surface area contributed by atoms with E-state index in [-0.39, 0.29) is 11.8 Å². The molecular weight excluding hydrogens is 474 g/mol. The van der Waals surface area contributed by atoms with Crippen molar-refractivity contribution in [2.45, 2.75) is 31.6 Å². The number of benzene rings is 3. The highest BCUT2D eigenvalue weighted by Crippen LogP contribution is 2.51. The van der Waals surface area contributed by atoms with Gasteiger partial charge in [-0.2, -0.15) is 0 Å². The SMILES string of the molecule is Cc1noc(-c2ccc(-c3ccc(C4(CC(=O)O)CC4)cc3)cc2)c1-c1nc(-c2ccccc2)ccc1N.